The standard InChI is InChI=1S/C30H54O12S6/c1-7-13-19-43(31,32)25-26(44(33,34)20-14-8-2)28(46(37,38)22-16-10-4)30(48(41,42)24-18-12-6)29(47(39,40)23-17-11-5)27(25)45(35,36)21-15-9-3/h7-24H2,1-6H3. The average molecular weight is 799 g/mol. The maximum atomic E-state index is 14.3. The van der Waals surface area contributed by atoms with Crippen molar-refractivity contribution in [1.29, 1.82) is 0 Å². The van der Waals surface area contributed by atoms with Crippen LogP contribution in [0.4, 0.5) is 0 Å². The maximum Gasteiger partial charge on any atom is 0.181 e. The van der Waals surface area contributed by atoms with Crippen LogP contribution in [0.5, 0.6) is 0 Å². The highest BCUT2D eigenvalue weighted by atomic mass is 32.2. The lowest BCUT2D eigenvalue weighted by Gasteiger charge is -2.26. The highest BCUT2D eigenvalue weighted by molar-refractivity contribution is 7.99. The number of benzene rings is 1. The summed E-state index contributed by atoms with van der Waals surface area (Å²) in [5, 5.41) is 0. The third-order valence-corrected chi connectivity index (χ3v) is 19.6. The van der Waals surface area contributed by atoms with E-state index in [0.717, 1.165) is 0 Å². The van der Waals surface area contributed by atoms with Gasteiger partial charge >= 0.3 is 0 Å². The molecule has 48 heavy (non-hydrogen) atoms. The van der Waals surface area contributed by atoms with Crippen molar-refractivity contribution in [2.45, 2.75) is 148 Å². The summed E-state index contributed by atoms with van der Waals surface area (Å²) in [7, 11) is -30.4. The predicted octanol–water partition coefficient (Wildman–Crippen LogP) is 5.13. The van der Waals surface area contributed by atoms with Gasteiger partial charge in [0.1, 0.15) is 29.4 Å². The van der Waals surface area contributed by atoms with Crippen molar-refractivity contribution in [2.24, 2.45) is 0 Å². The molecule has 1 aromatic carbocycles. The van der Waals surface area contributed by atoms with Crippen LogP contribution in [0.1, 0.15) is 119 Å². The minimum Gasteiger partial charge on any atom is -0.224 e. The van der Waals surface area contributed by atoms with Crippen LogP contribution in [0, 0.1) is 0 Å². The Morgan fingerprint density at radius 2 is 0.354 bits per heavy atom. The third-order valence-electron chi connectivity index (χ3n) is 7.70. The van der Waals surface area contributed by atoms with E-state index in [1.54, 1.807) is 41.5 Å². The fourth-order valence-electron chi connectivity index (χ4n) is 4.93. The Morgan fingerprint density at radius 1 is 0.250 bits per heavy atom. The zero-order valence-electron chi connectivity index (χ0n) is 29.1. The molecule has 0 heterocycles. The number of hydrogen-bond acceptors (Lipinski definition) is 12. The fourth-order valence-corrected chi connectivity index (χ4v) is 19.7. The highest BCUT2D eigenvalue weighted by Crippen LogP contribution is 2.47. The van der Waals surface area contributed by atoms with Gasteiger partial charge in [0.2, 0.25) is 0 Å². The number of rotatable bonds is 24. The molecule has 0 atom stereocenters. The van der Waals surface area contributed by atoms with E-state index in [1.165, 1.54) is 0 Å². The van der Waals surface area contributed by atoms with Crippen LogP contribution in [0.15, 0.2) is 29.4 Å². The molecule has 0 spiro atoms. The van der Waals surface area contributed by atoms with Gasteiger partial charge in [-0.25, -0.2) is 50.5 Å². The van der Waals surface area contributed by atoms with E-state index in [-0.39, 0.29) is 77.0 Å². The van der Waals surface area contributed by atoms with Gasteiger partial charge in [-0.15, -0.1) is 0 Å². The summed E-state index contributed by atoms with van der Waals surface area (Å²) in [6.45, 7) is 9.74. The van der Waals surface area contributed by atoms with Crippen molar-refractivity contribution in [1.82, 2.24) is 0 Å². The fraction of sp³-hybridized carbons (Fsp3) is 0.800. The normalized spacial score (nSPS) is 13.6. The molecule has 0 aromatic heterocycles. The first-order chi connectivity index (χ1) is 22.1. The van der Waals surface area contributed by atoms with Gasteiger partial charge in [0, 0.05) is 0 Å². The molecule has 0 bridgehead atoms. The van der Waals surface area contributed by atoms with Crippen LogP contribution in [-0.4, -0.2) is 85.0 Å². The monoisotopic (exact) mass is 798 g/mol. The molecular formula is C30H54O12S6. The largest absolute Gasteiger partial charge is 0.224 e. The molecule has 0 unspecified atom stereocenters. The van der Waals surface area contributed by atoms with Crippen LogP contribution in [0.2, 0.25) is 0 Å². The number of hydrogen-bond donors (Lipinski definition) is 0. The SMILES string of the molecule is CCCCS(=O)(=O)c1c(S(=O)(=O)CCCC)c(S(=O)(=O)CCCC)c(S(=O)(=O)CCCC)c(S(=O)(=O)CCCC)c1S(=O)(=O)CCCC. The molecule has 1 rings (SSSR count). The molecule has 0 aliphatic rings. The summed E-state index contributed by atoms with van der Waals surface area (Å²) in [4.78, 5) is -8.65. The third kappa shape index (κ3) is 11.0. The van der Waals surface area contributed by atoms with Crippen LogP contribution in [0.3, 0.4) is 0 Å². The van der Waals surface area contributed by atoms with Crippen molar-refractivity contribution in [3.8, 4) is 0 Å². The minimum atomic E-state index is -5.07. The zero-order chi connectivity index (χ0) is 37.2. The van der Waals surface area contributed by atoms with E-state index >= 15 is 0 Å². The molecular weight excluding hydrogens is 745 g/mol. The molecule has 0 amide bonds. The van der Waals surface area contributed by atoms with Gasteiger partial charge in [0.15, 0.2) is 59.0 Å². The second-order valence-electron chi connectivity index (χ2n) is 12.0. The lowest BCUT2D eigenvalue weighted by molar-refractivity contribution is 0.536. The molecule has 282 valence electrons. The van der Waals surface area contributed by atoms with Gasteiger partial charge in [0.25, 0.3) is 0 Å². The quantitative estimate of drug-likeness (QED) is 0.134. The molecule has 0 N–H and O–H groups in total. The second kappa shape index (κ2) is 18.4. The summed E-state index contributed by atoms with van der Waals surface area (Å²) in [6.07, 6.45) is 0.914. The van der Waals surface area contributed by atoms with Gasteiger partial charge in [-0.05, 0) is 38.5 Å². The molecule has 0 radical (unpaired) electrons. The second-order valence-corrected chi connectivity index (χ2v) is 24.3. The van der Waals surface area contributed by atoms with E-state index in [9.17, 15) is 50.5 Å². The van der Waals surface area contributed by atoms with Gasteiger partial charge in [0.05, 0.1) is 34.5 Å². The maximum absolute atomic E-state index is 14.3. The Hall–Kier alpha value is -1.08. The van der Waals surface area contributed by atoms with E-state index < -0.39 is 123 Å². The van der Waals surface area contributed by atoms with Crippen LogP contribution in [-0.2, 0) is 59.0 Å². The van der Waals surface area contributed by atoms with Crippen LogP contribution < -0.4 is 0 Å². The smallest absolute Gasteiger partial charge is 0.181 e. The molecule has 18 heteroatoms. The lowest BCUT2D eigenvalue weighted by atomic mass is 10.3. The van der Waals surface area contributed by atoms with Crippen molar-refractivity contribution >= 4 is 59.0 Å². The molecule has 0 fully saturated rings. The first kappa shape index (κ1) is 44.9. The van der Waals surface area contributed by atoms with Crippen molar-refractivity contribution in [3.63, 3.8) is 0 Å². The molecule has 12 nitrogen and oxygen atoms in total. The predicted molar refractivity (Wildman–Crippen MR) is 188 cm³/mol. The summed E-state index contributed by atoms with van der Waals surface area (Å²) in [6, 6.07) is 0. The molecule has 1 aromatic rings. The first-order valence-corrected chi connectivity index (χ1v) is 26.6. The summed E-state index contributed by atoms with van der Waals surface area (Å²) in [5.74, 6) is -4.99. The van der Waals surface area contributed by atoms with Crippen LogP contribution in [0.25, 0.3) is 0 Å². The van der Waals surface area contributed by atoms with Crippen molar-refractivity contribution in [2.75, 3.05) is 34.5 Å². The Morgan fingerprint density at radius 3 is 0.438 bits per heavy atom. The Labute approximate surface area is 290 Å². The van der Waals surface area contributed by atoms with Gasteiger partial charge in [-0.3, -0.25) is 0 Å². The summed E-state index contributed by atoms with van der Waals surface area (Å²) in [5.41, 5.74) is 0. The van der Waals surface area contributed by atoms with Crippen LogP contribution >= 0.6 is 0 Å². The topological polar surface area (TPSA) is 205 Å². The minimum absolute atomic E-state index is 0.0996. The van der Waals surface area contributed by atoms with Crippen molar-refractivity contribution in [3.05, 3.63) is 0 Å². The van der Waals surface area contributed by atoms with E-state index in [2.05, 4.69) is 0 Å². The van der Waals surface area contributed by atoms with Gasteiger partial charge in [-0.2, -0.15) is 0 Å². The summed E-state index contributed by atoms with van der Waals surface area (Å²) < 4.78 is 172. The van der Waals surface area contributed by atoms with Gasteiger partial charge in [-0.1, -0.05) is 80.1 Å². The number of sulfone groups is 6. The number of unbranched alkanes of at least 4 members (excludes halogenated alkanes) is 6. The van der Waals surface area contributed by atoms with E-state index in [1.807, 2.05) is 0 Å². The lowest BCUT2D eigenvalue weighted by Crippen LogP contribution is -2.30. The van der Waals surface area contributed by atoms with E-state index in [0.29, 0.717) is 0 Å². The molecule has 0 aliphatic heterocycles. The Balaban J connectivity index is 5.37. The van der Waals surface area contributed by atoms with Gasteiger partial charge < -0.3 is 0 Å². The summed E-state index contributed by atoms with van der Waals surface area (Å²) >= 11 is 0. The molecule has 0 aliphatic carbocycles. The van der Waals surface area contributed by atoms with E-state index in [4.69, 9.17) is 0 Å². The first-order valence-electron chi connectivity index (χ1n) is 16.7. The Kier molecular flexibility index (Phi) is 17.2. The molecule has 0 saturated carbocycles. The Bertz CT molecular complexity index is 1530. The highest BCUT2D eigenvalue weighted by Gasteiger charge is 2.48. The van der Waals surface area contributed by atoms with Crippen molar-refractivity contribution < 1.29 is 50.5 Å². The zero-order valence-corrected chi connectivity index (χ0v) is 34.0. The average Bonchev–Trinajstić information content (AvgIpc) is 3.01. The molecule has 0 saturated heterocycles.